The van der Waals surface area contributed by atoms with Gasteiger partial charge < -0.3 is 15.3 Å². The van der Waals surface area contributed by atoms with Crippen molar-refractivity contribution in [3.63, 3.8) is 0 Å². The molecule has 0 atom stereocenters. The van der Waals surface area contributed by atoms with Gasteiger partial charge in [0.2, 0.25) is 5.91 Å². The minimum absolute atomic E-state index is 0.0389. The first-order chi connectivity index (χ1) is 16.9. The van der Waals surface area contributed by atoms with Crippen molar-refractivity contribution in [3.05, 3.63) is 24.3 Å². The molecule has 2 aliphatic rings. The summed E-state index contributed by atoms with van der Waals surface area (Å²) >= 11 is 0. The molecule has 3 aromatic heterocycles. The highest BCUT2D eigenvalue weighted by Crippen LogP contribution is 2.35. The summed E-state index contributed by atoms with van der Waals surface area (Å²) in [6.07, 6.45) is 15.8. The molecule has 0 radical (unpaired) electrons. The number of rotatable bonds is 4. The molecular weight excluding hydrogens is 436 g/mol. The second-order valence-electron chi connectivity index (χ2n) is 10.5. The van der Waals surface area contributed by atoms with Crippen molar-refractivity contribution in [2.24, 2.45) is 11.3 Å². The number of hydrogen-bond acceptors (Lipinski definition) is 4. The lowest BCUT2D eigenvalue weighted by Crippen LogP contribution is -2.40. The van der Waals surface area contributed by atoms with E-state index in [1.807, 2.05) is 26.1 Å². The van der Waals surface area contributed by atoms with E-state index in [0.29, 0.717) is 17.3 Å². The fraction of sp³-hybridized carbons (Fsp3) is 0.643. The molecule has 2 aliphatic carbocycles. The van der Waals surface area contributed by atoms with E-state index in [4.69, 9.17) is 5.26 Å². The topological polar surface area (TPSA) is 110 Å². The number of H-pyrrole nitrogens is 2. The lowest BCUT2D eigenvalue weighted by Gasteiger charge is -2.34. The van der Waals surface area contributed by atoms with Crippen molar-refractivity contribution in [2.45, 2.75) is 104 Å². The molecule has 0 bridgehead atoms. The maximum absolute atomic E-state index is 12.3. The number of pyridine rings is 1. The third-order valence-corrected chi connectivity index (χ3v) is 7.22. The van der Waals surface area contributed by atoms with Gasteiger partial charge in [0.15, 0.2) is 0 Å². The zero-order valence-corrected chi connectivity index (χ0v) is 21.9. The Bertz CT molecular complexity index is 1110. The fourth-order valence-corrected chi connectivity index (χ4v) is 5.10. The van der Waals surface area contributed by atoms with E-state index in [-0.39, 0.29) is 12.3 Å². The van der Waals surface area contributed by atoms with Gasteiger partial charge in [0.1, 0.15) is 17.0 Å². The molecule has 7 heteroatoms. The van der Waals surface area contributed by atoms with E-state index in [1.165, 1.54) is 44.9 Å². The van der Waals surface area contributed by atoms with Crippen LogP contribution < -0.4 is 5.32 Å². The second-order valence-corrected chi connectivity index (χ2v) is 10.5. The third kappa shape index (κ3) is 7.55. The van der Waals surface area contributed by atoms with Crippen LogP contribution in [0.1, 0.15) is 97.7 Å². The predicted molar refractivity (Wildman–Crippen MR) is 142 cm³/mol. The third-order valence-electron chi connectivity index (χ3n) is 7.22. The standard InChI is InChI=1S/C18H23N5O.C8H13N.C2H6/c1-18(2)6-3-11(4-7-18)21-15(24)9-14-22-13-10-20-17-12(5-8-19-17)16(13)23-14;9-7-6-8-4-2-1-3-5-8;1-2/h5,8,10-11H,3-4,6-7,9H2,1-2H3,(H,19,20)(H,21,24)(H,22,23);8H,1-6H2;1-2H3. The molecule has 0 saturated heterocycles. The number of hydrogen-bond donors (Lipinski definition) is 3. The molecule has 190 valence electrons. The zero-order chi connectivity index (χ0) is 25.3. The molecule has 35 heavy (non-hydrogen) atoms. The summed E-state index contributed by atoms with van der Waals surface area (Å²) in [5.41, 5.74) is 2.96. The molecule has 0 aromatic carbocycles. The summed E-state index contributed by atoms with van der Waals surface area (Å²) in [7, 11) is 0. The van der Waals surface area contributed by atoms with Crippen molar-refractivity contribution in [3.8, 4) is 6.07 Å². The van der Waals surface area contributed by atoms with Gasteiger partial charge in [-0.05, 0) is 55.9 Å². The Morgan fingerprint density at radius 2 is 1.89 bits per heavy atom. The van der Waals surface area contributed by atoms with E-state index in [1.54, 1.807) is 6.20 Å². The highest BCUT2D eigenvalue weighted by atomic mass is 16.1. The van der Waals surface area contributed by atoms with Crippen LogP contribution in [0, 0.1) is 22.7 Å². The van der Waals surface area contributed by atoms with Gasteiger partial charge in [-0.2, -0.15) is 5.26 Å². The summed E-state index contributed by atoms with van der Waals surface area (Å²) in [5.74, 6) is 1.47. The number of amides is 1. The Kier molecular flexibility index (Phi) is 9.71. The molecule has 3 aromatic rings. The van der Waals surface area contributed by atoms with Crippen LogP contribution in [0.15, 0.2) is 18.5 Å². The van der Waals surface area contributed by atoms with Crippen molar-refractivity contribution in [2.75, 3.05) is 0 Å². The minimum Gasteiger partial charge on any atom is -0.353 e. The van der Waals surface area contributed by atoms with Gasteiger partial charge in [-0.25, -0.2) is 9.97 Å². The maximum atomic E-state index is 12.3. The number of aromatic nitrogens is 4. The average molecular weight is 479 g/mol. The largest absolute Gasteiger partial charge is 0.353 e. The van der Waals surface area contributed by atoms with Gasteiger partial charge in [-0.1, -0.05) is 47.0 Å². The molecule has 5 rings (SSSR count). The molecule has 2 fully saturated rings. The number of imidazole rings is 1. The first kappa shape index (κ1) is 26.7. The van der Waals surface area contributed by atoms with Crippen LogP contribution in [-0.4, -0.2) is 31.9 Å². The smallest absolute Gasteiger partial charge is 0.227 e. The molecular formula is C28H42N6O. The molecule has 0 spiro atoms. The molecule has 0 aliphatic heterocycles. The van der Waals surface area contributed by atoms with E-state index in [0.717, 1.165) is 47.2 Å². The number of nitrogens with zero attached hydrogens (tertiary/aromatic N) is 3. The van der Waals surface area contributed by atoms with Crippen LogP contribution in [0.3, 0.4) is 0 Å². The number of nitrogens with one attached hydrogen (secondary N) is 3. The van der Waals surface area contributed by atoms with Gasteiger partial charge >= 0.3 is 0 Å². The van der Waals surface area contributed by atoms with Crippen molar-refractivity contribution in [1.82, 2.24) is 25.3 Å². The Morgan fingerprint density at radius 1 is 1.17 bits per heavy atom. The number of aromatic amines is 2. The fourth-order valence-electron chi connectivity index (χ4n) is 5.10. The maximum Gasteiger partial charge on any atom is 0.227 e. The molecule has 2 saturated carbocycles. The molecule has 7 nitrogen and oxygen atoms in total. The second kappa shape index (κ2) is 12.7. The number of carbonyl (C=O) groups excluding carboxylic acids is 1. The highest BCUT2D eigenvalue weighted by Gasteiger charge is 2.27. The van der Waals surface area contributed by atoms with Gasteiger partial charge in [-0.3, -0.25) is 4.79 Å². The van der Waals surface area contributed by atoms with Gasteiger partial charge in [0.05, 0.1) is 24.2 Å². The molecule has 3 N–H and O–H groups in total. The summed E-state index contributed by atoms with van der Waals surface area (Å²) < 4.78 is 0. The summed E-state index contributed by atoms with van der Waals surface area (Å²) in [4.78, 5) is 27.6. The Hall–Kier alpha value is -2.88. The van der Waals surface area contributed by atoms with Crippen LogP contribution in [-0.2, 0) is 11.2 Å². The SMILES string of the molecule is CC.CC1(C)CCC(NC(=O)Cc2nc3c(cnc4[nH]ccc43)[nH]2)CC1.N#CCC1CCCCC1. The lowest BCUT2D eigenvalue weighted by molar-refractivity contribution is -0.121. The molecule has 0 unspecified atom stereocenters. The van der Waals surface area contributed by atoms with Crippen LogP contribution in [0.2, 0.25) is 0 Å². The van der Waals surface area contributed by atoms with E-state index < -0.39 is 0 Å². The van der Waals surface area contributed by atoms with Crippen LogP contribution in [0.25, 0.3) is 22.1 Å². The first-order valence-corrected chi connectivity index (χ1v) is 13.4. The van der Waals surface area contributed by atoms with E-state index in [2.05, 4.69) is 45.2 Å². The van der Waals surface area contributed by atoms with Gasteiger partial charge in [0.25, 0.3) is 0 Å². The lowest BCUT2D eigenvalue weighted by atomic mass is 9.75. The highest BCUT2D eigenvalue weighted by molar-refractivity contribution is 6.00. The van der Waals surface area contributed by atoms with Crippen LogP contribution in [0.4, 0.5) is 0 Å². The van der Waals surface area contributed by atoms with Crippen molar-refractivity contribution < 1.29 is 4.79 Å². The minimum atomic E-state index is 0.0389. The Morgan fingerprint density at radius 3 is 2.57 bits per heavy atom. The van der Waals surface area contributed by atoms with Crippen LogP contribution >= 0.6 is 0 Å². The zero-order valence-electron chi connectivity index (χ0n) is 21.9. The van der Waals surface area contributed by atoms with Gasteiger partial charge in [0, 0.05) is 24.0 Å². The molecule has 3 heterocycles. The summed E-state index contributed by atoms with van der Waals surface area (Å²) in [6.45, 7) is 8.60. The van der Waals surface area contributed by atoms with Crippen molar-refractivity contribution >= 4 is 28.0 Å². The quantitative estimate of drug-likeness (QED) is 0.393. The van der Waals surface area contributed by atoms with Gasteiger partial charge in [-0.15, -0.1) is 0 Å². The van der Waals surface area contributed by atoms with E-state index >= 15 is 0 Å². The number of nitriles is 1. The Labute approximate surface area is 209 Å². The normalized spacial score (nSPS) is 18.1. The Balaban J connectivity index is 0.000000262. The first-order valence-electron chi connectivity index (χ1n) is 13.4. The van der Waals surface area contributed by atoms with Crippen molar-refractivity contribution in [1.29, 1.82) is 5.26 Å². The number of fused-ring (bicyclic) bond motifs is 3. The van der Waals surface area contributed by atoms with Crippen LogP contribution in [0.5, 0.6) is 0 Å². The summed E-state index contributed by atoms with van der Waals surface area (Å²) in [6, 6.07) is 4.49. The number of carbonyl (C=O) groups is 1. The van der Waals surface area contributed by atoms with E-state index in [9.17, 15) is 4.79 Å². The predicted octanol–water partition coefficient (Wildman–Crippen LogP) is 6.57. The summed E-state index contributed by atoms with van der Waals surface area (Å²) in [5, 5.41) is 12.5. The average Bonchev–Trinajstić information content (AvgIpc) is 3.49. The monoisotopic (exact) mass is 478 g/mol. The molecule has 1 amide bonds.